The fraction of sp³-hybridized carbons (Fsp3) is 0.389. The van der Waals surface area contributed by atoms with Crippen molar-refractivity contribution in [3.8, 4) is 0 Å². The summed E-state index contributed by atoms with van der Waals surface area (Å²) in [6.45, 7) is 2.02. The molecule has 0 spiro atoms. The van der Waals surface area contributed by atoms with Gasteiger partial charge in [-0.1, -0.05) is 31.0 Å². The number of nitrogens with two attached hydrogens (primary N) is 2. The molecule has 1 heterocycles. The van der Waals surface area contributed by atoms with Crippen molar-refractivity contribution in [3.63, 3.8) is 0 Å². The molecule has 0 bridgehead atoms. The molecule has 1 fully saturated rings. The standard InChI is InChI=1S/C18H23N3/c1-13-4-7-15(11-17(13)19)18(20,9-8-14-5-6-14)16-3-2-10-21-12-16/h2-4,7,10-12,14H,5-6,8-9,19-20H2,1H3. The van der Waals surface area contributed by atoms with E-state index in [2.05, 4.69) is 23.2 Å². The molecule has 0 radical (unpaired) electrons. The first-order chi connectivity index (χ1) is 10.1. The molecular weight excluding hydrogens is 258 g/mol. The van der Waals surface area contributed by atoms with E-state index >= 15 is 0 Å². The highest BCUT2D eigenvalue weighted by Crippen LogP contribution is 2.40. The second-order valence-electron chi connectivity index (χ2n) is 6.27. The first-order valence-corrected chi connectivity index (χ1v) is 7.65. The van der Waals surface area contributed by atoms with E-state index < -0.39 is 5.54 Å². The SMILES string of the molecule is Cc1ccc(C(N)(CCC2CC2)c2cccnc2)cc1N. The topological polar surface area (TPSA) is 64.9 Å². The number of benzene rings is 1. The maximum Gasteiger partial charge on any atom is 0.0681 e. The Kier molecular flexibility index (Phi) is 3.68. The molecule has 1 aromatic heterocycles. The average Bonchev–Trinajstić information content (AvgIpc) is 3.33. The minimum atomic E-state index is -0.501. The van der Waals surface area contributed by atoms with Crippen molar-refractivity contribution in [2.45, 2.75) is 38.1 Å². The zero-order valence-corrected chi connectivity index (χ0v) is 12.5. The van der Waals surface area contributed by atoms with E-state index in [1.165, 1.54) is 19.3 Å². The van der Waals surface area contributed by atoms with E-state index in [0.717, 1.165) is 34.7 Å². The largest absolute Gasteiger partial charge is 0.399 e. The van der Waals surface area contributed by atoms with Crippen LogP contribution < -0.4 is 11.5 Å². The zero-order valence-electron chi connectivity index (χ0n) is 12.5. The van der Waals surface area contributed by atoms with Crippen molar-refractivity contribution in [1.29, 1.82) is 0 Å². The summed E-state index contributed by atoms with van der Waals surface area (Å²) in [5.74, 6) is 0.854. The van der Waals surface area contributed by atoms with Gasteiger partial charge in [0.25, 0.3) is 0 Å². The smallest absolute Gasteiger partial charge is 0.0681 e. The van der Waals surface area contributed by atoms with Gasteiger partial charge in [0.2, 0.25) is 0 Å². The van der Waals surface area contributed by atoms with Crippen LogP contribution in [0, 0.1) is 12.8 Å². The lowest BCUT2D eigenvalue weighted by atomic mass is 9.80. The first kappa shape index (κ1) is 14.1. The Morgan fingerprint density at radius 2 is 2.05 bits per heavy atom. The number of anilines is 1. The summed E-state index contributed by atoms with van der Waals surface area (Å²) in [6, 6.07) is 10.2. The maximum absolute atomic E-state index is 6.84. The van der Waals surface area contributed by atoms with Gasteiger partial charge in [-0.3, -0.25) is 4.98 Å². The van der Waals surface area contributed by atoms with Gasteiger partial charge in [0.1, 0.15) is 0 Å². The molecule has 3 rings (SSSR count). The third-order valence-corrected chi connectivity index (χ3v) is 4.61. The third kappa shape index (κ3) is 2.93. The van der Waals surface area contributed by atoms with Crippen molar-refractivity contribution in [3.05, 3.63) is 59.4 Å². The van der Waals surface area contributed by atoms with Crippen LogP contribution in [0.15, 0.2) is 42.7 Å². The monoisotopic (exact) mass is 281 g/mol. The average molecular weight is 281 g/mol. The van der Waals surface area contributed by atoms with Crippen LogP contribution in [0.5, 0.6) is 0 Å². The molecule has 1 unspecified atom stereocenters. The van der Waals surface area contributed by atoms with Crippen molar-refractivity contribution in [2.24, 2.45) is 11.7 Å². The molecule has 2 aromatic rings. The van der Waals surface area contributed by atoms with E-state index in [0.29, 0.717) is 0 Å². The highest BCUT2D eigenvalue weighted by Gasteiger charge is 2.33. The highest BCUT2D eigenvalue weighted by molar-refractivity contribution is 5.52. The summed E-state index contributed by atoms with van der Waals surface area (Å²) in [4.78, 5) is 4.25. The van der Waals surface area contributed by atoms with E-state index in [-0.39, 0.29) is 0 Å². The molecule has 3 heteroatoms. The molecular formula is C18H23N3. The van der Waals surface area contributed by atoms with Crippen LogP contribution in [0.25, 0.3) is 0 Å². The summed E-state index contributed by atoms with van der Waals surface area (Å²) < 4.78 is 0. The number of pyridine rings is 1. The lowest BCUT2D eigenvalue weighted by Crippen LogP contribution is -2.38. The lowest BCUT2D eigenvalue weighted by molar-refractivity contribution is 0.454. The Bertz CT molecular complexity index is 620. The Hall–Kier alpha value is -1.87. The van der Waals surface area contributed by atoms with Crippen molar-refractivity contribution in [2.75, 3.05) is 5.73 Å². The summed E-state index contributed by atoms with van der Waals surface area (Å²) in [5.41, 5.74) is 16.5. The van der Waals surface area contributed by atoms with E-state index in [1.54, 1.807) is 6.20 Å². The van der Waals surface area contributed by atoms with E-state index in [1.807, 2.05) is 25.3 Å². The molecule has 1 aromatic carbocycles. The molecule has 1 aliphatic carbocycles. The molecule has 1 saturated carbocycles. The van der Waals surface area contributed by atoms with Crippen LogP contribution in [-0.4, -0.2) is 4.98 Å². The van der Waals surface area contributed by atoms with Gasteiger partial charge < -0.3 is 11.5 Å². The molecule has 0 saturated heterocycles. The Balaban J connectivity index is 1.99. The van der Waals surface area contributed by atoms with Gasteiger partial charge >= 0.3 is 0 Å². The molecule has 21 heavy (non-hydrogen) atoms. The van der Waals surface area contributed by atoms with Crippen LogP contribution in [0.2, 0.25) is 0 Å². The lowest BCUT2D eigenvalue weighted by Gasteiger charge is -2.31. The van der Waals surface area contributed by atoms with E-state index in [9.17, 15) is 0 Å². The fourth-order valence-electron chi connectivity index (χ4n) is 2.84. The normalized spacial score (nSPS) is 17.4. The quantitative estimate of drug-likeness (QED) is 0.826. The van der Waals surface area contributed by atoms with Gasteiger partial charge in [-0.05, 0) is 54.5 Å². The molecule has 0 amide bonds. The Labute approximate surface area is 126 Å². The summed E-state index contributed by atoms with van der Waals surface area (Å²) >= 11 is 0. The molecule has 1 atom stereocenters. The number of rotatable bonds is 5. The summed E-state index contributed by atoms with van der Waals surface area (Å²) in [5, 5.41) is 0. The van der Waals surface area contributed by atoms with Crippen LogP contribution in [-0.2, 0) is 5.54 Å². The van der Waals surface area contributed by atoms with Crippen LogP contribution in [0.3, 0.4) is 0 Å². The molecule has 3 nitrogen and oxygen atoms in total. The Morgan fingerprint density at radius 3 is 2.67 bits per heavy atom. The number of hydrogen-bond donors (Lipinski definition) is 2. The maximum atomic E-state index is 6.84. The highest BCUT2D eigenvalue weighted by atomic mass is 14.8. The summed E-state index contributed by atoms with van der Waals surface area (Å²) in [7, 11) is 0. The number of nitrogens with zero attached hydrogens (tertiary/aromatic N) is 1. The molecule has 110 valence electrons. The number of nitrogen functional groups attached to an aromatic ring is 1. The van der Waals surface area contributed by atoms with Gasteiger partial charge in [-0.2, -0.15) is 0 Å². The third-order valence-electron chi connectivity index (χ3n) is 4.61. The van der Waals surface area contributed by atoms with Crippen molar-refractivity contribution >= 4 is 5.69 Å². The predicted octanol–water partition coefficient (Wildman–Crippen LogP) is 3.36. The summed E-state index contributed by atoms with van der Waals surface area (Å²) in [6.07, 6.45) is 8.46. The van der Waals surface area contributed by atoms with Gasteiger partial charge in [0.15, 0.2) is 0 Å². The minimum absolute atomic E-state index is 0.501. The fourth-order valence-corrected chi connectivity index (χ4v) is 2.84. The van der Waals surface area contributed by atoms with E-state index in [4.69, 9.17) is 11.5 Å². The van der Waals surface area contributed by atoms with Gasteiger partial charge in [-0.15, -0.1) is 0 Å². The van der Waals surface area contributed by atoms with Gasteiger partial charge in [0.05, 0.1) is 5.54 Å². The van der Waals surface area contributed by atoms with Crippen molar-refractivity contribution < 1.29 is 0 Å². The van der Waals surface area contributed by atoms with Crippen LogP contribution in [0.4, 0.5) is 5.69 Å². The molecule has 1 aliphatic rings. The number of aryl methyl sites for hydroxylation is 1. The second kappa shape index (κ2) is 5.49. The van der Waals surface area contributed by atoms with Gasteiger partial charge in [-0.25, -0.2) is 0 Å². The van der Waals surface area contributed by atoms with Crippen LogP contribution in [0.1, 0.15) is 42.4 Å². The number of hydrogen-bond acceptors (Lipinski definition) is 3. The number of aromatic nitrogens is 1. The Morgan fingerprint density at radius 1 is 1.24 bits per heavy atom. The molecule has 0 aliphatic heterocycles. The first-order valence-electron chi connectivity index (χ1n) is 7.65. The van der Waals surface area contributed by atoms with Crippen LogP contribution >= 0.6 is 0 Å². The predicted molar refractivity (Wildman–Crippen MR) is 86.8 cm³/mol. The van der Waals surface area contributed by atoms with Crippen molar-refractivity contribution in [1.82, 2.24) is 4.98 Å². The zero-order chi connectivity index (χ0) is 14.9. The minimum Gasteiger partial charge on any atom is -0.399 e. The second-order valence-corrected chi connectivity index (χ2v) is 6.27. The molecule has 4 N–H and O–H groups in total. The van der Waals surface area contributed by atoms with Gasteiger partial charge in [0, 0.05) is 18.1 Å².